The first-order chi connectivity index (χ1) is 12.1. The molecule has 1 fully saturated rings. The molecule has 0 aromatic carbocycles. The molecule has 3 rings (SSSR count). The number of fused-ring (bicyclic) bond motifs is 1. The van der Waals surface area contributed by atoms with Gasteiger partial charge in [0.05, 0.1) is 12.0 Å². The third-order valence-electron chi connectivity index (χ3n) is 4.31. The average molecular weight is 394 g/mol. The van der Waals surface area contributed by atoms with Crippen LogP contribution in [0.25, 0.3) is 11.0 Å². The van der Waals surface area contributed by atoms with Crippen molar-refractivity contribution in [3.05, 3.63) is 33.3 Å². The van der Waals surface area contributed by atoms with Crippen molar-refractivity contribution in [3.63, 3.8) is 0 Å². The van der Waals surface area contributed by atoms with Gasteiger partial charge in [0.2, 0.25) is 0 Å². The minimum Gasteiger partial charge on any atom is -0.394 e. The molecular formula is C15H14F4N2O4S. The Hall–Kier alpha value is -1.66. The summed E-state index contributed by atoms with van der Waals surface area (Å²) in [5, 5.41) is 28.8. The van der Waals surface area contributed by atoms with E-state index < -0.39 is 59.9 Å². The maximum atomic E-state index is 14.5. The van der Waals surface area contributed by atoms with E-state index in [2.05, 4.69) is 9.97 Å². The molecule has 142 valence electrons. The molecule has 6 nitrogen and oxygen atoms in total. The minimum atomic E-state index is -4.84. The van der Waals surface area contributed by atoms with Gasteiger partial charge < -0.3 is 25.0 Å². The van der Waals surface area contributed by atoms with Gasteiger partial charge in [-0.25, -0.2) is 9.37 Å². The highest BCUT2D eigenvalue weighted by Crippen LogP contribution is 2.37. The molecule has 1 aliphatic heterocycles. The third-order valence-corrected chi connectivity index (χ3v) is 4.65. The summed E-state index contributed by atoms with van der Waals surface area (Å²) in [6.07, 6.45) is -9.94. The number of hydrogen-bond acceptors (Lipinski definition) is 6. The molecule has 2 aromatic rings. The predicted molar refractivity (Wildman–Crippen MR) is 83.3 cm³/mol. The number of aliphatic hydroxyl groups is 3. The van der Waals surface area contributed by atoms with Crippen molar-refractivity contribution in [3.8, 4) is 0 Å². The number of aromatic nitrogens is 2. The number of alkyl halides is 3. The van der Waals surface area contributed by atoms with Crippen LogP contribution in [0.5, 0.6) is 0 Å². The molecule has 4 N–H and O–H groups in total. The fourth-order valence-electron chi connectivity index (χ4n) is 2.94. The molecule has 2 unspecified atom stereocenters. The lowest BCUT2D eigenvalue weighted by molar-refractivity contribution is -0.141. The van der Waals surface area contributed by atoms with Gasteiger partial charge in [-0.3, -0.25) is 0 Å². The monoisotopic (exact) mass is 394 g/mol. The molecule has 0 spiro atoms. The molecule has 2 aromatic heterocycles. The van der Waals surface area contributed by atoms with E-state index in [0.29, 0.717) is 0 Å². The largest absolute Gasteiger partial charge is 0.433 e. The Bertz CT molecular complexity index is 917. The van der Waals surface area contributed by atoms with Gasteiger partial charge in [0.15, 0.2) is 5.69 Å². The van der Waals surface area contributed by atoms with Crippen LogP contribution in [-0.2, 0) is 10.9 Å². The second-order valence-corrected chi connectivity index (χ2v) is 6.38. The number of aliphatic hydroxyl groups excluding tert-OH is 3. The molecule has 0 radical (unpaired) electrons. The zero-order valence-electron chi connectivity index (χ0n) is 13.2. The van der Waals surface area contributed by atoms with Gasteiger partial charge in [0, 0.05) is 11.1 Å². The Morgan fingerprint density at radius 3 is 2.50 bits per heavy atom. The van der Waals surface area contributed by atoms with Crippen LogP contribution in [0, 0.1) is 17.4 Å². The van der Waals surface area contributed by atoms with Crippen LogP contribution in [-0.4, -0.2) is 50.2 Å². The summed E-state index contributed by atoms with van der Waals surface area (Å²) in [6, 6.07) is 1.13. The Kier molecular flexibility index (Phi) is 4.78. The summed E-state index contributed by atoms with van der Waals surface area (Å²) in [6.45, 7) is 0.390. The number of pyridine rings is 2. The van der Waals surface area contributed by atoms with Crippen LogP contribution in [0.4, 0.5) is 17.6 Å². The summed E-state index contributed by atoms with van der Waals surface area (Å²) in [4.78, 5) is 5.83. The van der Waals surface area contributed by atoms with Gasteiger partial charge >= 0.3 is 6.18 Å². The number of H-pyrrole nitrogens is 1. The fraction of sp³-hybridized carbons (Fsp3) is 0.467. The second-order valence-electron chi connectivity index (χ2n) is 5.97. The van der Waals surface area contributed by atoms with E-state index in [9.17, 15) is 27.8 Å². The first kappa shape index (κ1) is 19.1. The highest BCUT2D eigenvalue weighted by molar-refractivity contribution is 7.71. The van der Waals surface area contributed by atoms with Crippen molar-refractivity contribution in [2.45, 2.75) is 37.5 Å². The van der Waals surface area contributed by atoms with Gasteiger partial charge in [-0.2, -0.15) is 13.2 Å². The molecule has 0 bridgehead atoms. The SMILES string of the molecule is Cc1c(C(F)(F)F)nc2[nH]c(=S)c([C@@H]3O[C@H](CO)C(O)C3O)cc2c1F. The van der Waals surface area contributed by atoms with Gasteiger partial charge in [-0.05, 0) is 13.0 Å². The van der Waals surface area contributed by atoms with Crippen molar-refractivity contribution in [2.24, 2.45) is 0 Å². The Labute approximate surface area is 149 Å². The maximum absolute atomic E-state index is 14.5. The minimum absolute atomic E-state index is 0.0647. The summed E-state index contributed by atoms with van der Waals surface area (Å²) < 4.78 is 58.7. The smallest absolute Gasteiger partial charge is 0.394 e. The van der Waals surface area contributed by atoms with E-state index in [1.807, 2.05) is 0 Å². The van der Waals surface area contributed by atoms with E-state index in [1.54, 1.807) is 0 Å². The van der Waals surface area contributed by atoms with Crippen LogP contribution in [0.1, 0.15) is 22.9 Å². The van der Waals surface area contributed by atoms with Crippen LogP contribution in [0.15, 0.2) is 6.07 Å². The van der Waals surface area contributed by atoms with E-state index >= 15 is 0 Å². The zero-order valence-corrected chi connectivity index (χ0v) is 14.0. The molecule has 11 heteroatoms. The number of hydrogen-bond donors (Lipinski definition) is 4. The lowest BCUT2D eigenvalue weighted by atomic mass is 10.0. The highest BCUT2D eigenvalue weighted by Gasteiger charge is 2.44. The Balaban J connectivity index is 2.18. The average Bonchev–Trinajstić information content (AvgIpc) is 2.84. The van der Waals surface area contributed by atoms with Gasteiger partial charge in [-0.1, -0.05) is 12.2 Å². The van der Waals surface area contributed by atoms with E-state index in [4.69, 9.17) is 22.1 Å². The normalized spacial score (nSPS) is 26.6. The molecule has 1 aliphatic rings. The molecule has 0 amide bonds. The lowest BCUT2D eigenvalue weighted by Crippen LogP contribution is -2.32. The van der Waals surface area contributed by atoms with Crippen LogP contribution in [0.3, 0.4) is 0 Å². The van der Waals surface area contributed by atoms with Crippen molar-refractivity contribution in [2.75, 3.05) is 6.61 Å². The molecular weight excluding hydrogens is 380 g/mol. The first-order valence-corrected chi connectivity index (χ1v) is 7.89. The van der Waals surface area contributed by atoms with Gasteiger partial charge in [0.25, 0.3) is 0 Å². The molecule has 1 saturated heterocycles. The number of nitrogens with one attached hydrogen (secondary N) is 1. The van der Waals surface area contributed by atoms with E-state index in [1.165, 1.54) is 0 Å². The Morgan fingerprint density at radius 2 is 1.96 bits per heavy atom. The maximum Gasteiger partial charge on any atom is 0.433 e. The first-order valence-electron chi connectivity index (χ1n) is 7.49. The summed E-state index contributed by atoms with van der Waals surface area (Å²) >= 11 is 5.06. The predicted octanol–water partition coefficient (Wildman–Crippen LogP) is 1.91. The van der Waals surface area contributed by atoms with Crippen LogP contribution < -0.4 is 0 Å². The van der Waals surface area contributed by atoms with E-state index in [-0.39, 0.29) is 15.6 Å². The molecule has 3 heterocycles. The summed E-state index contributed by atoms with van der Waals surface area (Å²) in [5.74, 6) is -1.14. The number of halogens is 4. The van der Waals surface area contributed by atoms with Crippen LogP contribution in [0.2, 0.25) is 0 Å². The van der Waals surface area contributed by atoms with E-state index in [0.717, 1.165) is 13.0 Å². The topological polar surface area (TPSA) is 98.6 Å². The van der Waals surface area contributed by atoms with Crippen molar-refractivity contribution in [1.82, 2.24) is 9.97 Å². The molecule has 4 atom stereocenters. The lowest BCUT2D eigenvalue weighted by Gasteiger charge is -2.17. The zero-order chi connectivity index (χ0) is 19.4. The van der Waals surface area contributed by atoms with Crippen molar-refractivity contribution < 1.29 is 37.6 Å². The highest BCUT2D eigenvalue weighted by atomic mass is 32.1. The number of nitrogens with zero attached hydrogens (tertiary/aromatic N) is 1. The summed E-state index contributed by atoms with van der Waals surface area (Å²) in [7, 11) is 0. The quantitative estimate of drug-likeness (QED) is 0.459. The molecule has 0 saturated carbocycles. The van der Waals surface area contributed by atoms with Crippen molar-refractivity contribution in [1.29, 1.82) is 0 Å². The number of rotatable bonds is 2. The fourth-order valence-corrected chi connectivity index (χ4v) is 3.21. The third kappa shape index (κ3) is 2.99. The van der Waals surface area contributed by atoms with Crippen molar-refractivity contribution >= 4 is 23.3 Å². The molecule has 26 heavy (non-hydrogen) atoms. The number of aromatic amines is 1. The van der Waals surface area contributed by atoms with Gasteiger partial charge in [0.1, 0.15) is 40.5 Å². The Morgan fingerprint density at radius 1 is 1.31 bits per heavy atom. The summed E-state index contributed by atoms with van der Waals surface area (Å²) in [5.41, 5.74) is -2.38. The van der Waals surface area contributed by atoms with Gasteiger partial charge in [-0.15, -0.1) is 0 Å². The number of ether oxygens (including phenoxy) is 1. The second kappa shape index (κ2) is 6.50. The standard InChI is InChI=1S/C15H14F4N2O4S/c1-4-8(16)5-2-6(11-10(24)9(23)7(3-22)25-11)14(26)21-13(5)20-12(4)15(17,18)19/h2,7,9-11,22-24H,3H2,1H3,(H,20,21,26)/t7-,9?,10?,11+/m1/s1. The molecule has 0 aliphatic carbocycles. The van der Waals surface area contributed by atoms with Crippen LogP contribution >= 0.6 is 12.2 Å².